The Balaban J connectivity index is 1.94. The van der Waals surface area contributed by atoms with E-state index in [1.165, 1.54) is 25.1 Å². The van der Waals surface area contributed by atoms with E-state index < -0.39 is 29.5 Å². The van der Waals surface area contributed by atoms with E-state index in [1.807, 2.05) is 0 Å². The normalized spacial score (nSPS) is 21.9. The van der Waals surface area contributed by atoms with Gasteiger partial charge in [-0.1, -0.05) is 31.0 Å². The summed E-state index contributed by atoms with van der Waals surface area (Å²) < 4.78 is 46.2. The molecule has 1 fully saturated rings. The van der Waals surface area contributed by atoms with Crippen molar-refractivity contribution in [3.05, 3.63) is 46.7 Å². The van der Waals surface area contributed by atoms with E-state index in [1.54, 1.807) is 0 Å². The number of hydrogen-bond acceptors (Lipinski definition) is 3. The lowest BCUT2D eigenvalue weighted by Gasteiger charge is -2.29. The molecule has 1 N–H and O–H groups in total. The molecule has 0 unspecified atom stereocenters. The highest BCUT2D eigenvalue weighted by Gasteiger charge is 2.40. The van der Waals surface area contributed by atoms with Gasteiger partial charge in [-0.15, -0.1) is 0 Å². The SMILES string of the molecule is CC1=C(C(=O)OC2CCCCCC2)[C@H](c2ccccc2C(F)(F)F)CC(=O)N1. The number of nitrogens with one attached hydrogen (secondary N) is 1. The summed E-state index contributed by atoms with van der Waals surface area (Å²) in [6, 6.07) is 5.10. The van der Waals surface area contributed by atoms with Gasteiger partial charge in [-0.3, -0.25) is 4.79 Å². The molecule has 1 aromatic rings. The second-order valence-corrected chi connectivity index (χ2v) is 7.45. The van der Waals surface area contributed by atoms with Crippen LogP contribution in [-0.2, 0) is 20.5 Å². The van der Waals surface area contributed by atoms with Gasteiger partial charge in [-0.05, 0) is 44.2 Å². The van der Waals surface area contributed by atoms with Crippen LogP contribution in [0.2, 0.25) is 0 Å². The number of carbonyl (C=O) groups is 2. The molecule has 3 rings (SSSR count). The molecule has 152 valence electrons. The highest BCUT2D eigenvalue weighted by atomic mass is 19.4. The number of carbonyl (C=O) groups excluding carboxylic acids is 2. The van der Waals surface area contributed by atoms with E-state index in [0.717, 1.165) is 44.6 Å². The number of rotatable bonds is 3. The Morgan fingerprint density at radius 1 is 1.11 bits per heavy atom. The molecule has 1 heterocycles. The minimum Gasteiger partial charge on any atom is -0.459 e. The third-order valence-corrected chi connectivity index (χ3v) is 5.41. The number of alkyl halides is 3. The van der Waals surface area contributed by atoms with Gasteiger partial charge in [-0.25, -0.2) is 4.79 Å². The maximum Gasteiger partial charge on any atom is 0.416 e. The zero-order valence-corrected chi connectivity index (χ0v) is 15.8. The molecular formula is C21H24F3NO3. The first-order chi connectivity index (χ1) is 13.3. The number of esters is 1. The Morgan fingerprint density at radius 2 is 1.75 bits per heavy atom. The predicted molar refractivity (Wildman–Crippen MR) is 97.2 cm³/mol. The van der Waals surface area contributed by atoms with Gasteiger partial charge in [0.25, 0.3) is 0 Å². The molecule has 7 heteroatoms. The summed E-state index contributed by atoms with van der Waals surface area (Å²) in [4.78, 5) is 25.0. The van der Waals surface area contributed by atoms with Gasteiger partial charge in [0.1, 0.15) is 6.10 Å². The van der Waals surface area contributed by atoms with Crippen molar-refractivity contribution >= 4 is 11.9 Å². The molecule has 1 saturated carbocycles. The number of allylic oxidation sites excluding steroid dienone is 1. The van der Waals surface area contributed by atoms with E-state index in [2.05, 4.69) is 5.32 Å². The van der Waals surface area contributed by atoms with E-state index in [0.29, 0.717) is 0 Å². The minimum absolute atomic E-state index is 0.0722. The van der Waals surface area contributed by atoms with Gasteiger partial charge in [-0.2, -0.15) is 13.2 Å². The van der Waals surface area contributed by atoms with E-state index >= 15 is 0 Å². The first-order valence-electron chi connectivity index (χ1n) is 9.65. The molecular weight excluding hydrogens is 371 g/mol. The van der Waals surface area contributed by atoms with Crippen LogP contribution in [0, 0.1) is 0 Å². The molecule has 0 spiro atoms. The van der Waals surface area contributed by atoms with Crippen LogP contribution in [-0.4, -0.2) is 18.0 Å². The standard InChI is InChI=1S/C21H24F3NO3/c1-13-19(20(27)28-14-8-4-2-3-5-9-14)16(12-18(26)25-13)15-10-6-7-11-17(15)21(22,23)24/h6-7,10-11,14,16H,2-5,8-9,12H2,1H3,(H,25,26)/t16-/m0/s1. The molecule has 1 atom stereocenters. The number of halogens is 3. The van der Waals surface area contributed by atoms with Crippen LogP contribution in [0.15, 0.2) is 35.5 Å². The molecule has 1 aliphatic carbocycles. The minimum atomic E-state index is -4.57. The van der Waals surface area contributed by atoms with Crippen LogP contribution in [0.25, 0.3) is 0 Å². The second-order valence-electron chi connectivity index (χ2n) is 7.45. The van der Waals surface area contributed by atoms with Gasteiger partial charge < -0.3 is 10.1 Å². The average Bonchev–Trinajstić information content (AvgIpc) is 2.89. The summed E-state index contributed by atoms with van der Waals surface area (Å²) in [6.07, 6.45) is 0.601. The molecule has 0 bridgehead atoms. The zero-order valence-electron chi connectivity index (χ0n) is 15.8. The van der Waals surface area contributed by atoms with Crippen molar-refractivity contribution in [1.29, 1.82) is 0 Å². The summed E-state index contributed by atoms with van der Waals surface area (Å²) in [7, 11) is 0. The molecule has 0 saturated heterocycles. The fourth-order valence-corrected chi connectivity index (χ4v) is 4.07. The maximum absolute atomic E-state index is 13.5. The van der Waals surface area contributed by atoms with Gasteiger partial charge in [0.15, 0.2) is 0 Å². The highest BCUT2D eigenvalue weighted by molar-refractivity contribution is 5.96. The van der Waals surface area contributed by atoms with E-state index in [4.69, 9.17) is 4.74 Å². The van der Waals surface area contributed by atoms with Crippen molar-refractivity contribution in [3.63, 3.8) is 0 Å². The molecule has 0 radical (unpaired) electrons. The van der Waals surface area contributed by atoms with Crippen molar-refractivity contribution in [2.45, 2.75) is 70.1 Å². The summed E-state index contributed by atoms with van der Waals surface area (Å²) in [5.74, 6) is -2.03. The van der Waals surface area contributed by atoms with Crippen molar-refractivity contribution in [2.75, 3.05) is 0 Å². The first-order valence-corrected chi connectivity index (χ1v) is 9.65. The number of benzene rings is 1. The molecule has 0 aromatic heterocycles. The zero-order chi connectivity index (χ0) is 20.3. The summed E-state index contributed by atoms with van der Waals surface area (Å²) in [6.45, 7) is 1.53. The molecule has 2 aliphatic rings. The lowest BCUT2D eigenvalue weighted by Crippen LogP contribution is -2.35. The highest BCUT2D eigenvalue weighted by Crippen LogP contribution is 2.41. The lowest BCUT2D eigenvalue weighted by atomic mass is 9.82. The molecule has 1 aromatic carbocycles. The summed E-state index contributed by atoms with van der Waals surface area (Å²) in [5, 5.41) is 2.58. The predicted octanol–water partition coefficient (Wildman–Crippen LogP) is 4.85. The Labute approximate surface area is 162 Å². The van der Waals surface area contributed by atoms with Gasteiger partial charge >= 0.3 is 12.1 Å². The molecule has 28 heavy (non-hydrogen) atoms. The third-order valence-electron chi connectivity index (χ3n) is 5.41. The van der Waals surface area contributed by atoms with Crippen molar-refractivity contribution < 1.29 is 27.5 Å². The van der Waals surface area contributed by atoms with Crippen LogP contribution in [0.3, 0.4) is 0 Å². The fraction of sp³-hybridized carbons (Fsp3) is 0.524. The van der Waals surface area contributed by atoms with Crippen molar-refractivity contribution in [2.24, 2.45) is 0 Å². The number of ether oxygens (including phenoxy) is 1. The van der Waals surface area contributed by atoms with Crippen LogP contribution >= 0.6 is 0 Å². The Morgan fingerprint density at radius 3 is 2.39 bits per heavy atom. The van der Waals surface area contributed by atoms with Crippen molar-refractivity contribution in [3.8, 4) is 0 Å². The average molecular weight is 395 g/mol. The van der Waals surface area contributed by atoms with Crippen LogP contribution in [0.5, 0.6) is 0 Å². The monoisotopic (exact) mass is 395 g/mol. The van der Waals surface area contributed by atoms with Crippen LogP contribution in [0.4, 0.5) is 13.2 Å². The van der Waals surface area contributed by atoms with Crippen LogP contribution in [0.1, 0.15) is 68.9 Å². The Bertz CT molecular complexity index is 777. The second kappa shape index (κ2) is 8.37. The third kappa shape index (κ3) is 4.56. The number of amides is 1. The van der Waals surface area contributed by atoms with E-state index in [9.17, 15) is 22.8 Å². The van der Waals surface area contributed by atoms with Gasteiger partial charge in [0, 0.05) is 18.0 Å². The fourth-order valence-electron chi connectivity index (χ4n) is 4.07. The first kappa shape index (κ1) is 20.4. The topological polar surface area (TPSA) is 55.4 Å². The summed E-state index contributed by atoms with van der Waals surface area (Å²) >= 11 is 0. The van der Waals surface area contributed by atoms with E-state index in [-0.39, 0.29) is 29.4 Å². The quantitative estimate of drug-likeness (QED) is 0.588. The smallest absolute Gasteiger partial charge is 0.416 e. The number of hydrogen-bond donors (Lipinski definition) is 1. The van der Waals surface area contributed by atoms with Crippen molar-refractivity contribution in [1.82, 2.24) is 5.32 Å². The van der Waals surface area contributed by atoms with Crippen LogP contribution < -0.4 is 5.32 Å². The maximum atomic E-state index is 13.5. The summed E-state index contributed by atoms with van der Waals surface area (Å²) in [5.41, 5.74) is -0.531. The molecule has 1 amide bonds. The van der Waals surface area contributed by atoms with Gasteiger partial charge in [0.05, 0.1) is 11.1 Å². The Kier molecular flexibility index (Phi) is 6.10. The van der Waals surface area contributed by atoms with Gasteiger partial charge in [0.2, 0.25) is 5.91 Å². The lowest BCUT2D eigenvalue weighted by molar-refractivity contribution is -0.146. The molecule has 1 aliphatic heterocycles. The molecule has 4 nitrogen and oxygen atoms in total. The largest absolute Gasteiger partial charge is 0.459 e. The Hall–Kier alpha value is -2.31.